The summed E-state index contributed by atoms with van der Waals surface area (Å²) in [5, 5.41) is 7.20. The minimum absolute atomic E-state index is 0.151. The Bertz CT molecular complexity index is 1460. The zero-order valence-electron chi connectivity index (χ0n) is 20.2. The molecule has 0 unspecified atom stereocenters. The van der Waals surface area contributed by atoms with Gasteiger partial charge < -0.3 is 20.0 Å². The predicted molar refractivity (Wildman–Crippen MR) is 144 cm³/mol. The van der Waals surface area contributed by atoms with E-state index in [-0.39, 0.29) is 6.03 Å². The van der Waals surface area contributed by atoms with Crippen LogP contribution in [-0.2, 0) is 6.42 Å². The fourth-order valence-corrected chi connectivity index (χ4v) is 4.06. The van der Waals surface area contributed by atoms with Gasteiger partial charge in [-0.1, -0.05) is 72.8 Å². The van der Waals surface area contributed by atoms with Gasteiger partial charge in [0.15, 0.2) is 0 Å². The maximum Gasteiger partial charge on any atom is 0.321 e. The van der Waals surface area contributed by atoms with Gasteiger partial charge in [0.05, 0.1) is 5.39 Å². The molecule has 0 atom stereocenters. The molecule has 5 aromatic rings. The summed E-state index contributed by atoms with van der Waals surface area (Å²) in [4.78, 5) is 22.3. The first-order valence-electron chi connectivity index (χ1n) is 11.8. The maximum atomic E-state index is 11.8. The van der Waals surface area contributed by atoms with Crippen molar-refractivity contribution in [3.05, 3.63) is 96.8 Å². The molecule has 0 radical (unpaired) electrons. The minimum atomic E-state index is -0.151. The highest BCUT2D eigenvalue weighted by Gasteiger charge is 2.21. The van der Waals surface area contributed by atoms with Crippen LogP contribution in [0.5, 0.6) is 0 Å². The van der Waals surface area contributed by atoms with E-state index in [1.807, 2.05) is 72.8 Å². The molecule has 180 valence electrons. The van der Waals surface area contributed by atoms with Crippen LogP contribution in [0.15, 0.2) is 95.7 Å². The van der Waals surface area contributed by atoms with Crippen LogP contribution in [0.3, 0.4) is 0 Å². The van der Waals surface area contributed by atoms with Crippen LogP contribution in [0, 0.1) is 0 Å². The molecule has 0 bridgehead atoms. The lowest BCUT2D eigenvalue weighted by Crippen LogP contribution is -2.27. The van der Waals surface area contributed by atoms with Crippen molar-refractivity contribution >= 4 is 28.6 Å². The summed E-state index contributed by atoms with van der Waals surface area (Å²) in [6, 6.07) is 28.0. The minimum Gasteiger partial charge on any atom is -0.437 e. The second kappa shape index (κ2) is 10.3. The lowest BCUT2D eigenvalue weighted by atomic mass is 9.99. The summed E-state index contributed by atoms with van der Waals surface area (Å²) in [5.74, 6) is 1.51. The fourth-order valence-electron chi connectivity index (χ4n) is 4.06. The van der Waals surface area contributed by atoms with Crippen molar-refractivity contribution in [3.8, 4) is 22.5 Å². The Balaban J connectivity index is 1.41. The number of fused-ring (bicyclic) bond motifs is 1. The van der Waals surface area contributed by atoms with Gasteiger partial charge in [-0.25, -0.2) is 14.8 Å². The Morgan fingerprint density at radius 2 is 1.53 bits per heavy atom. The normalized spacial score (nSPS) is 10.8. The first kappa shape index (κ1) is 23.1. The van der Waals surface area contributed by atoms with Gasteiger partial charge in [-0.05, 0) is 29.7 Å². The van der Waals surface area contributed by atoms with Crippen LogP contribution in [-0.4, -0.2) is 41.5 Å². The summed E-state index contributed by atoms with van der Waals surface area (Å²) < 4.78 is 6.28. The van der Waals surface area contributed by atoms with E-state index in [0.29, 0.717) is 12.3 Å². The maximum absolute atomic E-state index is 11.8. The zero-order chi connectivity index (χ0) is 24.9. The summed E-state index contributed by atoms with van der Waals surface area (Å²) in [6.45, 7) is 0.676. The van der Waals surface area contributed by atoms with Gasteiger partial charge >= 0.3 is 6.03 Å². The van der Waals surface area contributed by atoms with Crippen LogP contribution in [0.25, 0.3) is 33.6 Å². The summed E-state index contributed by atoms with van der Waals surface area (Å²) in [5.41, 5.74) is 5.47. The molecule has 36 heavy (non-hydrogen) atoms. The first-order valence-corrected chi connectivity index (χ1v) is 11.8. The van der Waals surface area contributed by atoms with Crippen LogP contribution < -0.4 is 10.6 Å². The van der Waals surface area contributed by atoms with Crippen molar-refractivity contribution in [2.45, 2.75) is 6.42 Å². The summed E-state index contributed by atoms with van der Waals surface area (Å²) in [6.07, 6.45) is 2.32. The van der Waals surface area contributed by atoms with Crippen molar-refractivity contribution < 1.29 is 9.21 Å². The van der Waals surface area contributed by atoms with E-state index in [4.69, 9.17) is 4.42 Å². The monoisotopic (exact) mass is 477 g/mol. The van der Waals surface area contributed by atoms with Gasteiger partial charge in [-0.2, -0.15) is 0 Å². The Hall–Kier alpha value is -4.65. The fraction of sp³-hybridized carbons (Fsp3) is 0.138. The second-order valence-corrected chi connectivity index (χ2v) is 8.64. The second-order valence-electron chi connectivity index (χ2n) is 8.64. The van der Waals surface area contributed by atoms with Gasteiger partial charge in [0.2, 0.25) is 5.71 Å². The van der Waals surface area contributed by atoms with E-state index < -0.39 is 0 Å². The molecule has 2 aromatic heterocycles. The Kier molecular flexibility index (Phi) is 6.62. The number of carbonyl (C=O) groups excluding carboxylic acids is 1. The standard InChI is InChI=1S/C29H27N5O2/c1-34(2)29(35)33-23-15-13-20(14-16-23)17-18-30-27-25-24(21-9-5-3-6-10-21)26(22-11-7-4-8-12-22)36-28(25)32-19-31-27/h3-16,19H,17-18H2,1-2H3,(H,33,35)(H,30,31,32). The molecule has 7 heteroatoms. The predicted octanol–water partition coefficient (Wildman–Crippen LogP) is 6.30. The molecule has 3 aromatic carbocycles. The number of anilines is 2. The lowest BCUT2D eigenvalue weighted by molar-refractivity contribution is 0.230. The Morgan fingerprint density at radius 1 is 0.861 bits per heavy atom. The molecule has 5 rings (SSSR count). The van der Waals surface area contributed by atoms with E-state index in [0.717, 1.165) is 51.3 Å². The SMILES string of the molecule is CN(C)C(=O)Nc1ccc(CCNc2ncnc3oc(-c4ccccc4)c(-c4ccccc4)c23)cc1. The molecule has 2 amide bonds. The van der Waals surface area contributed by atoms with Crippen LogP contribution in [0.2, 0.25) is 0 Å². The molecule has 0 saturated heterocycles. The highest BCUT2D eigenvalue weighted by molar-refractivity contribution is 6.05. The Labute approximate surface area is 209 Å². The van der Waals surface area contributed by atoms with Crippen LogP contribution >= 0.6 is 0 Å². The van der Waals surface area contributed by atoms with E-state index in [2.05, 4.69) is 32.7 Å². The highest BCUT2D eigenvalue weighted by atomic mass is 16.3. The number of nitrogens with zero attached hydrogens (tertiary/aromatic N) is 3. The van der Waals surface area contributed by atoms with E-state index in [1.165, 1.54) is 11.2 Å². The van der Waals surface area contributed by atoms with Crippen molar-refractivity contribution in [1.29, 1.82) is 0 Å². The van der Waals surface area contributed by atoms with Crippen molar-refractivity contribution in [2.75, 3.05) is 31.3 Å². The largest absolute Gasteiger partial charge is 0.437 e. The number of nitrogens with one attached hydrogen (secondary N) is 2. The van der Waals surface area contributed by atoms with Gasteiger partial charge in [-0.3, -0.25) is 0 Å². The molecular formula is C29H27N5O2. The van der Waals surface area contributed by atoms with Gasteiger partial charge in [0.25, 0.3) is 0 Å². The van der Waals surface area contributed by atoms with Crippen LogP contribution in [0.1, 0.15) is 5.56 Å². The van der Waals surface area contributed by atoms with E-state index in [9.17, 15) is 4.79 Å². The van der Waals surface area contributed by atoms with Crippen LogP contribution in [0.4, 0.5) is 16.3 Å². The molecule has 0 aliphatic carbocycles. The van der Waals surface area contributed by atoms with E-state index in [1.54, 1.807) is 14.1 Å². The number of hydrogen-bond donors (Lipinski definition) is 2. The smallest absolute Gasteiger partial charge is 0.321 e. The molecule has 0 fully saturated rings. The molecule has 2 heterocycles. The zero-order valence-corrected chi connectivity index (χ0v) is 20.2. The first-order chi connectivity index (χ1) is 17.6. The highest BCUT2D eigenvalue weighted by Crippen LogP contribution is 2.42. The van der Waals surface area contributed by atoms with Gasteiger partial charge in [0.1, 0.15) is 17.9 Å². The van der Waals surface area contributed by atoms with Crippen molar-refractivity contribution in [3.63, 3.8) is 0 Å². The number of furan rings is 1. The van der Waals surface area contributed by atoms with Crippen molar-refractivity contribution in [2.24, 2.45) is 0 Å². The molecule has 0 saturated carbocycles. The van der Waals surface area contributed by atoms with Gasteiger partial charge in [0, 0.05) is 37.5 Å². The topological polar surface area (TPSA) is 83.3 Å². The molecule has 0 aliphatic heterocycles. The third-order valence-corrected chi connectivity index (χ3v) is 5.90. The number of benzene rings is 3. The number of carbonyl (C=O) groups is 1. The third kappa shape index (κ3) is 4.90. The number of rotatable bonds is 7. The van der Waals surface area contributed by atoms with Gasteiger partial charge in [-0.15, -0.1) is 0 Å². The summed E-state index contributed by atoms with van der Waals surface area (Å²) >= 11 is 0. The molecule has 0 aliphatic rings. The quantitative estimate of drug-likeness (QED) is 0.287. The number of urea groups is 1. The number of amides is 2. The Morgan fingerprint density at radius 3 is 2.19 bits per heavy atom. The van der Waals surface area contributed by atoms with Crippen molar-refractivity contribution in [1.82, 2.24) is 14.9 Å². The molecular weight excluding hydrogens is 450 g/mol. The van der Waals surface area contributed by atoms with E-state index >= 15 is 0 Å². The molecule has 2 N–H and O–H groups in total. The summed E-state index contributed by atoms with van der Waals surface area (Å²) in [7, 11) is 3.43. The average molecular weight is 478 g/mol. The number of hydrogen-bond acceptors (Lipinski definition) is 5. The average Bonchev–Trinajstić information content (AvgIpc) is 3.31. The third-order valence-electron chi connectivity index (χ3n) is 5.90. The molecule has 0 spiro atoms. The lowest BCUT2D eigenvalue weighted by Gasteiger charge is -2.12. The molecule has 7 nitrogen and oxygen atoms in total. The number of aromatic nitrogens is 2.